The Hall–Kier alpha value is -2.76. The minimum Gasteiger partial charge on any atom is -0.469 e. The molecule has 0 atom stereocenters. The number of carbonyl (C=O) groups is 2. The molecule has 22 heavy (non-hydrogen) atoms. The van der Waals surface area contributed by atoms with Gasteiger partial charge in [0.2, 0.25) is 0 Å². The summed E-state index contributed by atoms with van der Waals surface area (Å²) in [6, 6.07) is 10.1. The van der Waals surface area contributed by atoms with E-state index in [4.69, 9.17) is 13.9 Å². The Balaban J connectivity index is 1.86. The molecule has 0 unspecified atom stereocenters. The minimum absolute atomic E-state index is 0.211. The summed E-state index contributed by atoms with van der Waals surface area (Å²) >= 11 is 0. The Morgan fingerprint density at radius 3 is 2.82 bits per heavy atom. The molecule has 1 aromatic carbocycles. The predicted octanol–water partition coefficient (Wildman–Crippen LogP) is 3.39. The monoisotopic (exact) mass is 303 g/mol. The van der Waals surface area contributed by atoms with Crippen molar-refractivity contribution < 1.29 is 23.5 Å². The highest BCUT2D eigenvalue weighted by Crippen LogP contribution is 2.18. The topological polar surface area (TPSA) is 77.8 Å². The molecule has 0 spiro atoms. The average molecular weight is 303 g/mol. The van der Waals surface area contributed by atoms with Crippen molar-refractivity contribution in [3.8, 4) is 5.75 Å². The number of rotatable bonds is 6. The Morgan fingerprint density at radius 2 is 2.09 bits per heavy atom. The lowest BCUT2D eigenvalue weighted by Gasteiger charge is -2.08. The second-order valence-electron chi connectivity index (χ2n) is 4.43. The molecule has 6 heteroatoms. The maximum Gasteiger partial charge on any atom is 0.411 e. The lowest BCUT2D eigenvalue weighted by Crippen LogP contribution is -2.13. The average Bonchev–Trinajstić information content (AvgIpc) is 2.99. The largest absolute Gasteiger partial charge is 0.469 e. The van der Waals surface area contributed by atoms with Gasteiger partial charge >= 0.3 is 12.1 Å². The Bertz CT molecular complexity index is 621. The first-order valence-electron chi connectivity index (χ1n) is 6.94. The van der Waals surface area contributed by atoms with E-state index in [1.807, 2.05) is 0 Å². The fourth-order valence-corrected chi connectivity index (χ4v) is 1.78. The van der Waals surface area contributed by atoms with Gasteiger partial charge in [-0.3, -0.25) is 10.1 Å². The van der Waals surface area contributed by atoms with E-state index >= 15 is 0 Å². The van der Waals surface area contributed by atoms with E-state index in [0.29, 0.717) is 17.9 Å². The van der Waals surface area contributed by atoms with Gasteiger partial charge in [-0.1, -0.05) is 6.07 Å². The van der Waals surface area contributed by atoms with Crippen LogP contribution < -0.4 is 10.1 Å². The maximum atomic E-state index is 11.8. The van der Waals surface area contributed by atoms with Crippen LogP contribution in [-0.4, -0.2) is 18.7 Å². The molecule has 2 aromatic rings. The number of nitrogens with one attached hydrogen (secondary N) is 1. The summed E-state index contributed by atoms with van der Waals surface area (Å²) < 4.78 is 15.2. The lowest BCUT2D eigenvalue weighted by atomic mass is 10.2. The molecular weight excluding hydrogens is 286 g/mol. The molecule has 0 saturated heterocycles. The summed E-state index contributed by atoms with van der Waals surface area (Å²) in [5.74, 6) is 0.720. The second kappa shape index (κ2) is 7.87. The molecule has 1 N–H and O–H groups in total. The van der Waals surface area contributed by atoms with Gasteiger partial charge in [0.25, 0.3) is 0 Å². The van der Waals surface area contributed by atoms with Crippen LogP contribution in [0.2, 0.25) is 0 Å². The smallest absolute Gasteiger partial charge is 0.411 e. The highest BCUT2D eigenvalue weighted by Gasteiger charge is 2.08. The third kappa shape index (κ3) is 4.97. The molecule has 1 amide bonds. The summed E-state index contributed by atoms with van der Waals surface area (Å²) in [6.07, 6.45) is 1.70. The molecule has 0 fully saturated rings. The maximum absolute atomic E-state index is 11.8. The highest BCUT2D eigenvalue weighted by molar-refractivity contribution is 5.85. The van der Waals surface area contributed by atoms with Gasteiger partial charge in [-0.05, 0) is 31.2 Å². The highest BCUT2D eigenvalue weighted by atomic mass is 16.5. The van der Waals surface area contributed by atoms with E-state index < -0.39 is 6.09 Å². The number of ether oxygens (including phenoxy) is 2. The zero-order valence-electron chi connectivity index (χ0n) is 12.2. The van der Waals surface area contributed by atoms with Gasteiger partial charge in [-0.25, -0.2) is 4.79 Å². The van der Waals surface area contributed by atoms with Crippen LogP contribution in [0.15, 0.2) is 47.1 Å². The zero-order chi connectivity index (χ0) is 15.8. The fourth-order valence-electron chi connectivity index (χ4n) is 1.78. The van der Waals surface area contributed by atoms with E-state index in [1.165, 1.54) is 0 Å². The molecular formula is C16H17NO5. The first-order valence-corrected chi connectivity index (χ1v) is 6.94. The Morgan fingerprint density at radius 1 is 1.23 bits per heavy atom. The Kier molecular flexibility index (Phi) is 5.59. The molecule has 0 aliphatic carbocycles. The molecule has 0 bridgehead atoms. The van der Waals surface area contributed by atoms with Gasteiger partial charge in [-0.2, -0.15) is 0 Å². The van der Waals surface area contributed by atoms with E-state index in [9.17, 15) is 9.59 Å². The molecule has 0 saturated carbocycles. The lowest BCUT2D eigenvalue weighted by molar-refractivity contribution is -0.134. The number of aryl methyl sites for hydroxylation is 1. The van der Waals surface area contributed by atoms with E-state index in [1.54, 1.807) is 49.6 Å². The van der Waals surface area contributed by atoms with Crippen LogP contribution in [0.25, 0.3) is 0 Å². The van der Waals surface area contributed by atoms with Gasteiger partial charge in [0.15, 0.2) is 0 Å². The van der Waals surface area contributed by atoms with Gasteiger partial charge in [0.1, 0.15) is 11.5 Å². The van der Waals surface area contributed by atoms with Crippen molar-refractivity contribution in [2.75, 3.05) is 11.9 Å². The number of hydrogen-bond acceptors (Lipinski definition) is 5. The van der Waals surface area contributed by atoms with Crippen LogP contribution in [-0.2, 0) is 16.0 Å². The normalized spacial score (nSPS) is 10.0. The van der Waals surface area contributed by atoms with Gasteiger partial charge < -0.3 is 13.9 Å². The van der Waals surface area contributed by atoms with Crippen molar-refractivity contribution in [3.05, 3.63) is 48.4 Å². The van der Waals surface area contributed by atoms with Crippen molar-refractivity contribution in [1.82, 2.24) is 0 Å². The van der Waals surface area contributed by atoms with Crippen molar-refractivity contribution in [2.45, 2.75) is 19.8 Å². The fraction of sp³-hybridized carbons (Fsp3) is 0.250. The summed E-state index contributed by atoms with van der Waals surface area (Å²) in [5.41, 5.74) is 0.495. The quantitative estimate of drug-likeness (QED) is 0.653. The molecule has 0 aliphatic heterocycles. The standard InChI is InChI=1S/C16H17NO5/c1-2-20-16(19)17-12-5-3-6-14(11-12)22-15(18)9-8-13-7-4-10-21-13/h3-7,10-11H,2,8-9H2,1H3,(H,17,19). The van der Waals surface area contributed by atoms with Gasteiger partial charge in [0, 0.05) is 18.2 Å². The summed E-state index contributed by atoms with van der Waals surface area (Å²) in [6.45, 7) is 2.00. The number of furan rings is 1. The summed E-state index contributed by atoms with van der Waals surface area (Å²) in [5, 5.41) is 2.54. The van der Waals surface area contributed by atoms with Gasteiger partial charge in [-0.15, -0.1) is 0 Å². The molecule has 1 heterocycles. The number of carbonyl (C=O) groups excluding carboxylic acids is 2. The van der Waals surface area contributed by atoms with Crippen LogP contribution in [0.4, 0.5) is 10.5 Å². The van der Waals surface area contributed by atoms with Crippen LogP contribution in [0.1, 0.15) is 19.1 Å². The minimum atomic E-state index is -0.552. The van der Waals surface area contributed by atoms with Crippen molar-refractivity contribution in [1.29, 1.82) is 0 Å². The third-order valence-electron chi connectivity index (χ3n) is 2.74. The van der Waals surface area contributed by atoms with E-state index in [2.05, 4.69) is 5.32 Å². The first kappa shape index (κ1) is 15.6. The zero-order valence-corrected chi connectivity index (χ0v) is 12.2. The number of benzene rings is 1. The van der Waals surface area contributed by atoms with E-state index in [0.717, 1.165) is 5.76 Å². The van der Waals surface area contributed by atoms with E-state index in [-0.39, 0.29) is 19.0 Å². The van der Waals surface area contributed by atoms with Crippen molar-refractivity contribution in [2.24, 2.45) is 0 Å². The predicted molar refractivity (Wildman–Crippen MR) is 79.8 cm³/mol. The van der Waals surface area contributed by atoms with Crippen LogP contribution >= 0.6 is 0 Å². The molecule has 0 aliphatic rings. The summed E-state index contributed by atoms with van der Waals surface area (Å²) in [4.78, 5) is 23.1. The summed E-state index contributed by atoms with van der Waals surface area (Å²) in [7, 11) is 0. The number of esters is 1. The third-order valence-corrected chi connectivity index (χ3v) is 2.74. The molecule has 6 nitrogen and oxygen atoms in total. The molecule has 0 radical (unpaired) electrons. The molecule has 2 rings (SSSR count). The van der Waals surface area contributed by atoms with Crippen LogP contribution in [0, 0.1) is 0 Å². The van der Waals surface area contributed by atoms with Crippen LogP contribution in [0.5, 0.6) is 5.75 Å². The number of amides is 1. The first-order chi connectivity index (χ1) is 10.7. The van der Waals surface area contributed by atoms with Crippen molar-refractivity contribution >= 4 is 17.7 Å². The number of hydrogen-bond donors (Lipinski definition) is 1. The molecule has 1 aromatic heterocycles. The van der Waals surface area contributed by atoms with Gasteiger partial charge in [0.05, 0.1) is 19.3 Å². The second-order valence-corrected chi connectivity index (χ2v) is 4.43. The number of anilines is 1. The van der Waals surface area contributed by atoms with Crippen LogP contribution in [0.3, 0.4) is 0 Å². The van der Waals surface area contributed by atoms with Crippen molar-refractivity contribution in [3.63, 3.8) is 0 Å². The Labute approximate surface area is 128 Å². The molecule has 116 valence electrons. The SMILES string of the molecule is CCOC(=O)Nc1cccc(OC(=O)CCc2ccco2)c1.